The van der Waals surface area contributed by atoms with E-state index in [1.165, 1.54) is 0 Å². The van der Waals surface area contributed by atoms with Gasteiger partial charge in [-0.3, -0.25) is 0 Å². The first-order valence-electron chi connectivity index (χ1n) is 2.34. The van der Waals surface area contributed by atoms with Crippen LogP contribution >= 0.6 is 0 Å². The van der Waals surface area contributed by atoms with Gasteiger partial charge in [0.25, 0.3) is 0 Å². The zero-order chi connectivity index (χ0) is 9.72. The summed E-state index contributed by atoms with van der Waals surface area (Å²) in [6.07, 6.45) is 0. The molecule has 14 heavy (non-hydrogen) atoms. The van der Waals surface area contributed by atoms with Crippen LogP contribution in [0.2, 0.25) is 0 Å². The van der Waals surface area contributed by atoms with Gasteiger partial charge in [-0.2, -0.15) is 0 Å². The minimum atomic E-state index is -2.01. The van der Waals surface area contributed by atoms with Crippen molar-refractivity contribution in [2.75, 3.05) is 0 Å². The van der Waals surface area contributed by atoms with E-state index >= 15 is 0 Å². The summed E-state index contributed by atoms with van der Waals surface area (Å²) in [5.74, 6) is -7.78. The van der Waals surface area contributed by atoms with Crippen LogP contribution in [0.3, 0.4) is 0 Å². The summed E-state index contributed by atoms with van der Waals surface area (Å²) in [6.45, 7) is 0. The van der Waals surface area contributed by atoms with Crippen molar-refractivity contribution in [3.05, 3.63) is 0 Å². The van der Waals surface area contributed by atoms with Crippen molar-refractivity contribution >= 4 is 23.9 Å². The van der Waals surface area contributed by atoms with Crippen LogP contribution in [0, 0.1) is 0 Å². The predicted octanol–water partition coefficient (Wildman–Crippen LogP) is -7.61. The van der Waals surface area contributed by atoms with Crippen molar-refractivity contribution in [2.45, 2.75) is 0 Å². The number of carboxylic acid groups (broad SMARTS) is 2. The molecule has 0 spiro atoms. The topological polar surface area (TPSA) is 127 Å². The number of carbonyl (C=O) groups is 4. The van der Waals surface area contributed by atoms with E-state index in [9.17, 15) is 19.2 Å². The van der Waals surface area contributed by atoms with E-state index < -0.39 is 23.9 Å². The quantitative estimate of drug-likeness (QED) is 0.190. The van der Waals surface area contributed by atoms with Crippen LogP contribution in [0.15, 0.2) is 0 Å². The van der Waals surface area contributed by atoms with Gasteiger partial charge in [-0.05, 0) is 0 Å². The monoisotopic (exact) mass is 258 g/mol. The Morgan fingerprint density at radius 1 is 0.786 bits per heavy atom. The minimum absolute atomic E-state index is 0. The van der Waals surface area contributed by atoms with Crippen LogP contribution in [0.5, 0.6) is 0 Å². The van der Waals surface area contributed by atoms with Gasteiger partial charge in [0.05, 0.1) is 0 Å². The average molecular weight is 258 g/mol. The van der Waals surface area contributed by atoms with Gasteiger partial charge in [-0.25, -0.2) is 29.0 Å². The molecule has 0 amide bonds. The second-order valence-corrected chi connectivity index (χ2v) is 1.35. The molecule has 0 heterocycles. The Hall–Kier alpha value is 1.15. The van der Waals surface area contributed by atoms with Crippen LogP contribution in [-0.2, 0) is 29.0 Å². The molecule has 0 radical (unpaired) electrons. The molecule has 0 aromatic rings. The molecule has 0 rings (SSSR count). The number of carboxylic acids is 2. The van der Waals surface area contributed by atoms with E-state index in [4.69, 9.17) is 10.2 Å². The summed E-state index contributed by atoms with van der Waals surface area (Å²) in [4.78, 5) is 45.8. The molecule has 0 saturated heterocycles. The Morgan fingerprint density at radius 2 is 1.00 bits per heavy atom. The first-order valence-corrected chi connectivity index (χ1v) is 2.34. The molecule has 0 saturated carbocycles. The zero-order valence-electron chi connectivity index (χ0n) is 9.34. The van der Waals surface area contributed by atoms with Gasteiger partial charge in [0.15, 0.2) is 0 Å². The maximum Gasteiger partial charge on any atom is 1.00 e. The molecular weight excluding hydrogens is 254 g/mol. The Morgan fingerprint density at radius 3 is 1.14 bits per heavy atom. The molecule has 0 aliphatic rings. The van der Waals surface area contributed by atoms with Crippen LogP contribution in [0.1, 0.15) is 2.85 Å². The Balaban J connectivity index is -0.000000101. The van der Waals surface area contributed by atoms with Gasteiger partial charge >= 0.3 is 127 Å². The van der Waals surface area contributed by atoms with Gasteiger partial charge in [-0.1, -0.05) is 0 Å². The van der Waals surface area contributed by atoms with E-state index in [2.05, 4.69) is 9.78 Å². The van der Waals surface area contributed by atoms with E-state index in [0.717, 1.165) is 0 Å². The van der Waals surface area contributed by atoms with Gasteiger partial charge in [-0.15, -0.1) is 0 Å². The van der Waals surface area contributed by atoms with Crippen molar-refractivity contribution in [2.24, 2.45) is 0 Å². The third-order valence-corrected chi connectivity index (χ3v) is 0.542. The maximum atomic E-state index is 9.98. The predicted molar refractivity (Wildman–Crippen MR) is 29.7 cm³/mol. The van der Waals surface area contributed by atoms with Gasteiger partial charge < -0.3 is 13.1 Å². The van der Waals surface area contributed by atoms with Gasteiger partial charge in [0.2, 0.25) is 0 Å². The molecule has 0 fully saturated rings. The van der Waals surface area contributed by atoms with Crippen molar-refractivity contribution < 1.29 is 145 Å². The summed E-state index contributed by atoms with van der Waals surface area (Å²) in [5, 5.41) is 15.6. The van der Waals surface area contributed by atoms with Crippen molar-refractivity contribution in [1.82, 2.24) is 0 Å². The summed E-state index contributed by atoms with van der Waals surface area (Å²) in [6, 6.07) is 0. The molecular formula is C4H4K2O8. The fraction of sp³-hybridized carbons (Fsp3) is 0. The van der Waals surface area contributed by atoms with Crippen LogP contribution < -0.4 is 103 Å². The fourth-order valence-electron chi connectivity index (χ4n) is 0.147. The second-order valence-electron chi connectivity index (χ2n) is 1.35. The largest absolute Gasteiger partial charge is 1.00 e. The number of hydrogen-bond donors (Lipinski definition) is 2. The summed E-state index contributed by atoms with van der Waals surface area (Å²) in [5.41, 5.74) is 0. The standard InChI is InChI=1S/C4H2O8.2K.2H/c5-1(6)3(9)11-12-4(10)2(7)8;;;;/h(H,5,6)(H,7,8);;;;/q;2*+1;2*-1. The first kappa shape index (κ1) is 20.6. The van der Waals surface area contributed by atoms with Crippen molar-refractivity contribution in [3.63, 3.8) is 0 Å². The smallest absolute Gasteiger partial charge is 1.00 e. The normalized spacial score (nSPS) is 7.14. The van der Waals surface area contributed by atoms with E-state index in [-0.39, 0.29) is 106 Å². The summed E-state index contributed by atoms with van der Waals surface area (Å²) < 4.78 is 0. The van der Waals surface area contributed by atoms with Gasteiger partial charge in [0, 0.05) is 0 Å². The zero-order valence-corrected chi connectivity index (χ0v) is 13.6. The Labute approximate surface area is 165 Å². The van der Waals surface area contributed by atoms with Crippen LogP contribution in [0.25, 0.3) is 0 Å². The molecule has 2 N–H and O–H groups in total. The molecule has 70 valence electrons. The molecule has 0 bridgehead atoms. The van der Waals surface area contributed by atoms with E-state index in [1.54, 1.807) is 0 Å². The van der Waals surface area contributed by atoms with E-state index in [1.807, 2.05) is 0 Å². The number of aliphatic carboxylic acids is 2. The van der Waals surface area contributed by atoms with Gasteiger partial charge in [0.1, 0.15) is 0 Å². The molecule has 0 aliphatic heterocycles. The molecule has 0 aromatic heterocycles. The van der Waals surface area contributed by atoms with Crippen LogP contribution in [0.4, 0.5) is 0 Å². The Bertz CT molecular complexity index is 230. The summed E-state index contributed by atoms with van der Waals surface area (Å²) in [7, 11) is 0. The molecule has 10 heteroatoms. The number of carbonyl (C=O) groups excluding carboxylic acids is 2. The molecule has 0 unspecified atom stereocenters. The van der Waals surface area contributed by atoms with Crippen molar-refractivity contribution in [3.8, 4) is 0 Å². The van der Waals surface area contributed by atoms with E-state index in [0.29, 0.717) is 0 Å². The molecule has 8 nitrogen and oxygen atoms in total. The maximum absolute atomic E-state index is 9.98. The average Bonchev–Trinajstić information content (AvgIpc) is 1.98. The van der Waals surface area contributed by atoms with Crippen molar-refractivity contribution in [1.29, 1.82) is 0 Å². The third-order valence-electron chi connectivity index (χ3n) is 0.542. The second kappa shape index (κ2) is 10.7. The minimum Gasteiger partial charge on any atom is -1.00 e. The molecule has 0 atom stereocenters. The fourth-order valence-corrected chi connectivity index (χ4v) is 0.147. The van der Waals surface area contributed by atoms with Crippen LogP contribution in [-0.4, -0.2) is 34.1 Å². The summed E-state index contributed by atoms with van der Waals surface area (Å²) >= 11 is 0. The molecule has 0 aromatic carbocycles. The number of rotatable bonds is 0. The molecule has 0 aliphatic carbocycles. The Kier molecular flexibility index (Phi) is 15.7. The first-order chi connectivity index (χ1) is 5.45. The third kappa shape index (κ3) is 9.70. The number of hydrogen-bond acceptors (Lipinski definition) is 6. The SMILES string of the molecule is O=C(O)C(=O)OOC(=O)C(=O)O.[H-].[H-].[K+].[K+].